The number of aromatic nitrogens is 1. The summed E-state index contributed by atoms with van der Waals surface area (Å²) in [6.45, 7) is 5.41. The van der Waals surface area contributed by atoms with Crippen LogP contribution in [-0.2, 0) is 4.74 Å². The van der Waals surface area contributed by atoms with Crippen LogP contribution < -0.4 is 19.7 Å². The highest BCUT2D eigenvalue weighted by Gasteiger charge is 2.19. The molecule has 0 spiro atoms. The molecule has 8 nitrogen and oxygen atoms in total. The maximum absolute atomic E-state index is 12.0. The molecule has 2 aromatic carbocycles. The molecule has 5 rings (SSSR count). The van der Waals surface area contributed by atoms with Crippen LogP contribution in [0.5, 0.6) is 11.5 Å². The minimum absolute atomic E-state index is 0.205. The van der Waals surface area contributed by atoms with Crippen molar-refractivity contribution in [2.75, 3.05) is 56.3 Å². The van der Waals surface area contributed by atoms with Gasteiger partial charge in [-0.3, -0.25) is 15.2 Å². The minimum Gasteiger partial charge on any atom is -0.454 e. The summed E-state index contributed by atoms with van der Waals surface area (Å²) >= 11 is 0. The summed E-state index contributed by atoms with van der Waals surface area (Å²) in [5.74, 6) is 1.31. The Labute approximate surface area is 186 Å². The van der Waals surface area contributed by atoms with E-state index in [1.54, 1.807) is 18.2 Å². The summed E-state index contributed by atoms with van der Waals surface area (Å²) in [6.07, 6.45) is 2.22. The molecular weight excluding hydrogens is 408 g/mol. The molecule has 1 aromatic heterocycles. The molecule has 1 amide bonds. The van der Waals surface area contributed by atoms with Gasteiger partial charge in [-0.2, -0.15) is 0 Å². The smallest absolute Gasteiger partial charge is 0.411 e. The number of benzene rings is 2. The lowest BCUT2D eigenvalue weighted by Crippen LogP contribution is -2.46. The molecule has 0 aliphatic carbocycles. The third-order valence-corrected chi connectivity index (χ3v) is 5.81. The molecule has 3 aromatic rings. The predicted molar refractivity (Wildman–Crippen MR) is 123 cm³/mol. The number of hydrogen-bond acceptors (Lipinski definition) is 7. The predicted octanol–water partition coefficient (Wildman–Crippen LogP) is 3.72. The van der Waals surface area contributed by atoms with Gasteiger partial charge in [0.05, 0.1) is 12.1 Å². The number of fused-ring (bicyclic) bond motifs is 2. The zero-order chi connectivity index (χ0) is 21.8. The minimum atomic E-state index is -0.460. The van der Waals surface area contributed by atoms with Crippen LogP contribution >= 0.6 is 0 Å². The van der Waals surface area contributed by atoms with Crippen molar-refractivity contribution in [1.29, 1.82) is 0 Å². The second-order valence-electron chi connectivity index (χ2n) is 7.86. The van der Waals surface area contributed by atoms with Crippen molar-refractivity contribution in [2.45, 2.75) is 6.42 Å². The van der Waals surface area contributed by atoms with Crippen molar-refractivity contribution in [3.05, 3.63) is 54.7 Å². The first-order valence-electron chi connectivity index (χ1n) is 10.9. The van der Waals surface area contributed by atoms with Gasteiger partial charge in [-0.1, -0.05) is 18.2 Å². The summed E-state index contributed by atoms with van der Waals surface area (Å²) in [7, 11) is 0. The van der Waals surface area contributed by atoms with Crippen LogP contribution in [0.1, 0.15) is 6.42 Å². The fraction of sp³-hybridized carbons (Fsp3) is 0.333. The molecule has 0 atom stereocenters. The second kappa shape index (κ2) is 9.32. The second-order valence-corrected chi connectivity index (χ2v) is 7.86. The Morgan fingerprint density at radius 2 is 1.88 bits per heavy atom. The number of amides is 1. The van der Waals surface area contributed by atoms with Crippen LogP contribution in [0.25, 0.3) is 10.9 Å². The van der Waals surface area contributed by atoms with E-state index in [1.165, 1.54) is 11.1 Å². The van der Waals surface area contributed by atoms with Gasteiger partial charge >= 0.3 is 6.09 Å². The largest absolute Gasteiger partial charge is 0.454 e. The third kappa shape index (κ3) is 4.55. The Morgan fingerprint density at radius 1 is 1.03 bits per heavy atom. The molecule has 166 valence electrons. The standard InChI is InChI=1S/C24H26N4O4/c29-24(26-18-6-7-22-23(16-18)32-17-31-22)30-15-3-10-27-11-13-28(14-12-27)21-8-9-25-20-5-2-1-4-19(20)21/h1-2,4-9,16H,3,10-15,17H2,(H,26,29). The molecule has 1 fully saturated rings. The van der Waals surface area contributed by atoms with E-state index in [-0.39, 0.29) is 6.79 Å². The first-order chi connectivity index (χ1) is 15.8. The van der Waals surface area contributed by atoms with Crippen LogP contribution in [0.3, 0.4) is 0 Å². The normalized spacial score (nSPS) is 15.7. The van der Waals surface area contributed by atoms with Gasteiger partial charge in [0.25, 0.3) is 0 Å². The summed E-state index contributed by atoms with van der Waals surface area (Å²) in [4.78, 5) is 21.3. The van der Waals surface area contributed by atoms with Crippen LogP contribution in [-0.4, -0.2) is 62.1 Å². The van der Waals surface area contributed by atoms with Gasteiger partial charge in [0, 0.05) is 61.7 Å². The first-order valence-corrected chi connectivity index (χ1v) is 10.9. The monoisotopic (exact) mass is 434 g/mol. The lowest BCUT2D eigenvalue weighted by molar-refractivity contribution is 0.151. The number of piperazine rings is 1. The number of carbonyl (C=O) groups excluding carboxylic acids is 1. The van der Waals surface area contributed by atoms with Crippen molar-refractivity contribution in [2.24, 2.45) is 0 Å². The topological polar surface area (TPSA) is 76.2 Å². The number of anilines is 2. The molecule has 3 heterocycles. The molecule has 1 N–H and O–H groups in total. The number of pyridine rings is 1. The fourth-order valence-corrected chi connectivity index (χ4v) is 4.15. The first kappa shape index (κ1) is 20.4. The zero-order valence-electron chi connectivity index (χ0n) is 17.8. The van der Waals surface area contributed by atoms with Crippen LogP contribution in [0, 0.1) is 0 Å². The summed E-state index contributed by atoms with van der Waals surface area (Å²) in [5, 5.41) is 3.93. The molecule has 0 saturated carbocycles. The molecule has 0 radical (unpaired) electrons. The van der Waals surface area contributed by atoms with Crippen molar-refractivity contribution in [3.8, 4) is 11.5 Å². The van der Waals surface area contributed by atoms with Crippen LogP contribution in [0.2, 0.25) is 0 Å². The molecule has 0 unspecified atom stereocenters. The van der Waals surface area contributed by atoms with E-state index in [9.17, 15) is 4.79 Å². The van der Waals surface area contributed by atoms with Crippen molar-refractivity contribution < 1.29 is 19.0 Å². The van der Waals surface area contributed by atoms with Crippen molar-refractivity contribution >= 4 is 28.4 Å². The zero-order valence-corrected chi connectivity index (χ0v) is 17.8. The van der Waals surface area contributed by atoms with Gasteiger partial charge < -0.3 is 19.1 Å². The van der Waals surface area contributed by atoms with Crippen LogP contribution in [0.4, 0.5) is 16.2 Å². The highest BCUT2D eigenvalue weighted by Crippen LogP contribution is 2.34. The number of ether oxygens (including phenoxy) is 3. The number of rotatable bonds is 6. The van der Waals surface area contributed by atoms with Gasteiger partial charge in [-0.15, -0.1) is 0 Å². The maximum atomic E-state index is 12.0. The number of nitrogens with zero attached hydrogens (tertiary/aromatic N) is 3. The number of hydrogen-bond donors (Lipinski definition) is 1. The Kier molecular flexibility index (Phi) is 5.93. The van der Waals surface area contributed by atoms with E-state index >= 15 is 0 Å². The van der Waals surface area contributed by atoms with Gasteiger partial charge in [0.1, 0.15) is 0 Å². The third-order valence-electron chi connectivity index (χ3n) is 5.81. The van der Waals surface area contributed by atoms with E-state index in [0.29, 0.717) is 23.8 Å². The lowest BCUT2D eigenvalue weighted by atomic mass is 10.1. The van der Waals surface area contributed by atoms with Crippen LogP contribution in [0.15, 0.2) is 54.7 Å². The molecule has 2 aliphatic rings. The average molecular weight is 434 g/mol. The molecule has 8 heteroatoms. The number of nitrogens with one attached hydrogen (secondary N) is 1. The Hall–Kier alpha value is -3.52. The summed E-state index contributed by atoms with van der Waals surface area (Å²) in [6, 6.07) is 15.6. The highest BCUT2D eigenvalue weighted by molar-refractivity contribution is 5.91. The van der Waals surface area contributed by atoms with E-state index in [1.807, 2.05) is 12.3 Å². The molecule has 0 bridgehead atoms. The van der Waals surface area contributed by atoms with E-state index in [2.05, 4.69) is 44.4 Å². The number of para-hydroxylation sites is 1. The Bertz CT molecular complexity index is 1090. The van der Waals surface area contributed by atoms with Crippen molar-refractivity contribution in [1.82, 2.24) is 9.88 Å². The lowest BCUT2D eigenvalue weighted by Gasteiger charge is -2.36. The molecule has 2 aliphatic heterocycles. The Morgan fingerprint density at radius 3 is 2.78 bits per heavy atom. The van der Waals surface area contributed by atoms with E-state index < -0.39 is 6.09 Å². The Balaban J connectivity index is 1.03. The average Bonchev–Trinajstić information content (AvgIpc) is 3.30. The maximum Gasteiger partial charge on any atom is 0.411 e. The van der Waals surface area contributed by atoms with Gasteiger partial charge in [-0.05, 0) is 30.7 Å². The fourth-order valence-electron chi connectivity index (χ4n) is 4.15. The molecule has 32 heavy (non-hydrogen) atoms. The summed E-state index contributed by atoms with van der Waals surface area (Å²) in [5.41, 5.74) is 2.90. The van der Waals surface area contributed by atoms with E-state index in [0.717, 1.165) is 44.7 Å². The molecule has 1 saturated heterocycles. The van der Waals surface area contributed by atoms with E-state index in [4.69, 9.17) is 14.2 Å². The van der Waals surface area contributed by atoms with Gasteiger partial charge in [0.15, 0.2) is 11.5 Å². The summed E-state index contributed by atoms with van der Waals surface area (Å²) < 4.78 is 15.9. The number of carbonyl (C=O) groups is 1. The van der Waals surface area contributed by atoms with Gasteiger partial charge in [-0.25, -0.2) is 4.79 Å². The SMILES string of the molecule is O=C(Nc1ccc2c(c1)OCO2)OCCCN1CCN(c2ccnc3ccccc23)CC1. The highest BCUT2D eigenvalue weighted by atomic mass is 16.7. The molecular formula is C24H26N4O4. The van der Waals surface area contributed by atoms with Gasteiger partial charge in [0.2, 0.25) is 6.79 Å². The quantitative estimate of drug-likeness (QED) is 0.593. The van der Waals surface area contributed by atoms with Crippen molar-refractivity contribution in [3.63, 3.8) is 0 Å².